The number of nitrogens with one attached hydrogen (secondary N) is 1. The van der Waals surface area contributed by atoms with Gasteiger partial charge in [-0.3, -0.25) is 0 Å². The number of hydrogen-bond donors (Lipinski definition) is 1. The summed E-state index contributed by atoms with van der Waals surface area (Å²) in [5.74, 6) is 1.67. The van der Waals surface area contributed by atoms with Crippen molar-refractivity contribution >= 4 is 11.7 Å². The molecule has 2 aromatic rings. The van der Waals surface area contributed by atoms with Crippen LogP contribution in [0.3, 0.4) is 0 Å². The molecule has 1 aliphatic heterocycles. The molecule has 0 radical (unpaired) electrons. The maximum Gasteiger partial charge on any atom is 0.322 e. The van der Waals surface area contributed by atoms with Gasteiger partial charge in [0.25, 0.3) is 0 Å². The molecule has 2 heterocycles. The first kappa shape index (κ1) is 14.4. The molecule has 6 nitrogen and oxygen atoms in total. The minimum Gasteiger partial charge on any atom is -0.492 e. The monoisotopic (exact) mass is 300 g/mol. The molecule has 3 rings (SSSR count). The van der Waals surface area contributed by atoms with Crippen molar-refractivity contribution in [3.05, 3.63) is 42.5 Å². The lowest BCUT2D eigenvalue weighted by Crippen LogP contribution is -2.52. The zero-order valence-corrected chi connectivity index (χ0v) is 12.8. The Kier molecular flexibility index (Phi) is 4.00. The van der Waals surface area contributed by atoms with Gasteiger partial charge in [0, 0.05) is 25.5 Å². The highest BCUT2D eigenvalue weighted by atomic mass is 16.5. The van der Waals surface area contributed by atoms with E-state index in [1.54, 1.807) is 11.1 Å². The predicted molar refractivity (Wildman–Crippen MR) is 84.2 cm³/mol. The summed E-state index contributed by atoms with van der Waals surface area (Å²) in [6.45, 7) is 5.85. The number of imidazole rings is 1. The van der Waals surface area contributed by atoms with Crippen LogP contribution in [0.25, 0.3) is 0 Å². The van der Waals surface area contributed by atoms with E-state index in [2.05, 4.69) is 14.9 Å². The van der Waals surface area contributed by atoms with Gasteiger partial charge in [-0.05, 0) is 26.0 Å². The topological polar surface area (TPSA) is 59.4 Å². The fourth-order valence-electron chi connectivity index (χ4n) is 2.62. The maximum atomic E-state index is 12.3. The zero-order valence-electron chi connectivity index (χ0n) is 12.8. The van der Waals surface area contributed by atoms with E-state index >= 15 is 0 Å². The molecule has 0 atom stereocenters. The van der Waals surface area contributed by atoms with Crippen molar-refractivity contribution < 1.29 is 9.53 Å². The number of nitrogens with zero attached hydrogens (tertiary/aromatic N) is 3. The van der Waals surface area contributed by atoms with E-state index in [9.17, 15) is 4.79 Å². The number of likely N-dealkylation sites (tertiary alicyclic amines) is 1. The molecule has 1 saturated heterocycles. The number of rotatable bonds is 4. The molecule has 1 N–H and O–H groups in total. The van der Waals surface area contributed by atoms with Crippen LogP contribution in [0.15, 0.2) is 36.7 Å². The van der Waals surface area contributed by atoms with Crippen LogP contribution in [0.4, 0.5) is 10.5 Å². The molecular weight excluding hydrogens is 280 g/mol. The van der Waals surface area contributed by atoms with Crippen LogP contribution >= 0.6 is 0 Å². The van der Waals surface area contributed by atoms with Crippen molar-refractivity contribution in [3.63, 3.8) is 0 Å². The Bertz CT molecular complexity index is 662. The molecule has 0 spiro atoms. The van der Waals surface area contributed by atoms with E-state index in [1.807, 2.05) is 44.3 Å². The van der Waals surface area contributed by atoms with Crippen molar-refractivity contribution in [3.8, 4) is 5.75 Å². The smallest absolute Gasteiger partial charge is 0.322 e. The first-order valence-corrected chi connectivity index (χ1v) is 7.46. The average molecular weight is 300 g/mol. The molecule has 1 aromatic heterocycles. The van der Waals surface area contributed by atoms with Crippen molar-refractivity contribution in [1.29, 1.82) is 0 Å². The SMILES string of the molecule is CCOc1ccccc1NC(=O)N1CC(n2ccnc2C)C1. The number of hydrogen-bond acceptors (Lipinski definition) is 3. The number of urea groups is 1. The lowest BCUT2D eigenvalue weighted by atomic mass is 10.1. The minimum absolute atomic E-state index is 0.0961. The third-order valence-corrected chi connectivity index (χ3v) is 3.83. The van der Waals surface area contributed by atoms with Crippen LogP contribution in [-0.2, 0) is 0 Å². The molecule has 1 fully saturated rings. The number of carbonyl (C=O) groups excluding carboxylic acids is 1. The highest BCUT2D eigenvalue weighted by Gasteiger charge is 2.32. The zero-order chi connectivity index (χ0) is 15.5. The summed E-state index contributed by atoms with van der Waals surface area (Å²) in [7, 11) is 0. The fraction of sp³-hybridized carbons (Fsp3) is 0.375. The second kappa shape index (κ2) is 6.09. The number of carbonyl (C=O) groups is 1. The van der Waals surface area contributed by atoms with Crippen LogP contribution < -0.4 is 10.1 Å². The summed E-state index contributed by atoms with van der Waals surface area (Å²) in [6.07, 6.45) is 3.75. The highest BCUT2D eigenvalue weighted by Crippen LogP contribution is 2.27. The molecule has 0 unspecified atom stereocenters. The standard InChI is InChI=1S/C16H20N4O2/c1-3-22-15-7-5-4-6-14(15)18-16(21)19-10-13(11-19)20-9-8-17-12(20)2/h4-9,13H,3,10-11H2,1-2H3,(H,18,21). The van der Waals surface area contributed by atoms with Gasteiger partial charge >= 0.3 is 6.03 Å². The van der Waals surface area contributed by atoms with Gasteiger partial charge in [0.05, 0.1) is 18.3 Å². The van der Waals surface area contributed by atoms with Crippen LogP contribution in [-0.4, -0.2) is 40.2 Å². The van der Waals surface area contributed by atoms with E-state index in [0.29, 0.717) is 37.2 Å². The summed E-state index contributed by atoms with van der Waals surface area (Å²) < 4.78 is 7.63. The Balaban J connectivity index is 1.59. The molecule has 116 valence electrons. The van der Waals surface area contributed by atoms with Crippen molar-refractivity contribution in [2.24, 2.45) is 0 Å². The van der Waals surface area contributed by atoms with Gasteiger partial charge < -0.3 is 19.5 Å². The van der Waals surface area contributed by atoms with Crippen LogP contribution in [0.1, 0.15) is 18.8 Å². The minimum atomic E-state index is -0.0961. The van der Waals surface area contributed by atoms with Gasteiger partial charge in [-0.1, -0.05) is 12.1 Å². The average Bonchev–Trinajstić information content (AvgIpc) is 2.86. The molecule has 22 heavy (non-hydrogen) atoms. The number of amides is 2. The first-order chi connectivity index (χ1) is 10.7. The molecule has 6 heteroatoms. The van der Waals surface area contributed by atoms with Gasteiger partial charge in [-0.25, -0.2) is 9.78 Å². The van der Waals surface area contributed by atoms with Gasteiger partial charge in [0.1, 0.15) is 11.6 Å². The van der Waals surface area contributed by atoms with Crippen LogP contribution in [0.5, 0.6) is 5.75 Å². The third-order valence-electron chi connectivity index (χ3n) is 3.83. The molecule has 0 aliphatic carbocycles. The second-order valence-electron chi connectivity index (χ2n) is 5.30. The number of aryl methyl sites for hydroxylation is 1. The third kappa shape index (κ3) is 2.77. The summed E-state index contributed by atoms with van der Waals surface area (Å²) in [5.41, 5.74) is 0.705. The molecule has 0 bridgehead atoms. The molecule has 1 aliphatic rings. The summed E-state index contributed by atoms with van der Waals surface area (Å²) in [6, 6.07) is 7.69. The normalized spacial score (nSPS) is 14.5. The van der Waals surface area contributed by atoms with Crippen LogP contribution in [0, 0.1) is 6.92 Å². The number of aromatic nitrogens is 2. The Labute approximate surface area is 129 Å². The van der Waals surface area contributed by atoms with Crippen LogP contribution in [0.2, 0.25) is 0 Å². The number of ether oxygens (including phenoxy) is 1. The lowest BCUT2D eigenvalue weighted by molar-refractivity contribution is 0.134. The second-order valence-corrected chi connectivity index (χ2v) is 5.30. The lowest BCUT2D eigenvalue weighted by Gasteiger charge is -2.40. The van der Waals surface area contributed by atoms with Gasteiger partial charge in [-0.2, -0.15) is 0 Å². The highest BCUT2D eigenvalue weighted by molar-refractivity contribution is 5.91. The van der Waals surface area contributed by atoms with Gasteiger partial charge in [0.15, 0.2) is 0 Å². The van der Waals surface area contributed by atoms with Crippen molar-refractivity contribution in [2.75, 3.05) is 25.0 Å². The molecule has 1 aromatic carbocycles. The van der Waals surface area contributed by atoms with E-state index < -0.39 is 0 Å². The summed E-state index contributed by atoms with van der Waals surface area (Å²) in [5, 5.41) is 2.91. The Morgan fingerprint density at radius 2 is 2.18 bits per heavy atom. The van der Waals surface area contributed by atoms with Gasteiger partial charge in [0.2, 0.25) is 0 Å². The largest absolute Gasteiger partial charge is 0.492 e. The van der Waals surface area contributed by atoms with E-state index in [0.717, 1.165) is 5.82 Å². The Hall–Kier alpha value is -2.50. The summed E-state index contributed by atoms with van der Waals surface area (Å²) in [4.78, 5) is 18.3. The van der Waals surface area contributed by atoms with E-state index in [4.69, 9.17) is 4.74 Å². The number of anilines is 1. The fourth-order valence-corrected chi connectivity index (χ4v) is 2.62. The van der Waals surface area contributed by atoms with E-state index in [-0.39, 0.29) is 6.03 Å². The van der Waals surface area contributed by atoms with Crippen molar-refractivity contribution in [1.82, 2.24) is 14.5 Å². The molecule has 2 amide bonds. The summed E-state index contributed by atoms with van der Waals surface area (Å²) >= 11 is 0. The molecular formula is C16H20N4O2. The maximum absolute atomic E-state index is 12.3. The number of para-hydroxylation sites is 2. The van der Waals surface area contributed by atoms with Crippen molar-refractivity contribution in [2.45, 2.75) is 19.9 Å². The van der Waals surface area contributed by atoms with Gasteiger partial charge in [-0.15, -0.1) is 0 Å². The quantitative estimate of drug-likeness (QED) is 0.944. The molecule has 0 saturated carbocycles. The Morgan fingerprint density at radius 1 is 1.41 bits per heavy atom. The first-order valence-electron chi connectivity index (χ1n) is 7.46. The van der Waals surface area contributed by atoms with E-state index in [1.165, 1.54) is 0 Å². The predicted octanol–water partition coefficient (Wildman–Crippen LogP) is 2.68. The number of benzene rings is 1. The Morgan fingerprint density at radius 3 is 2.86 bits per heavy atom.